The number of pyridine rings is 3. The molecule has 0 atom stereocenters. The number of aromatic nitrogens is 7. The fourth-order valence-corrected chi connectivity index (χ4v) is 4.11. The molecule has 0 aromatic carbocycles. The summed E-state index contributed by atoms with van der Waals surface area (Å²) in [5, 5.41) is 18.2. The topological polar surface area (TPSA) is 108 Å². The van der Waals surface area contributed by atoms with E-state index in [1.807, 2.05) is 24.4 Å². The molecule has 158 valence electrons. The summed E-state index contributed by atoms with van der Waals surface area (Å²) in [6.07, 6.45) is 4.48. The normalized spacial score (nSPS) is 13.4. The molecule has 6 rings (SSSR count). The minimum Gasteiger partial charge on any atom is -0.312 e. The first-order chi connectivity index (χ1) is 15.7. The van der Waals surface area contributed by atoms with Crippen LogP contribution in [0.1, 0.15) is 17.0 Å². The zero-order valence-corrected chi connectivity index (χ0v) is 17.3. The van der Waals surface area contributed by atoms with Crippen molar-refractivity contribution in [1.82, 2.24) is 40.7 Å². The first-order valence-corrected chi connectivity index (χ1v) is 10.4. The average molecular weight is 426 g/mol. The Morgan fingerprint density at radius 3 is 2.78 bits per heavy atom. The Kier molecular flexibility index (Phi) is 4.29. The van der Waals surface area contributed by atoms with Gasteiger partial charge in [-0.3, -0.25) is 15.2 Å². The second kappa shape index (κ2) is 7.31. The van der Waals surface area contributed by atoms with E-state index in [-0.39, 0.29) is 5.82 Å². The zero-order chi connectivity index (χ0) is 21.7. The van der Waals surface area contributed by atoms with Crippen molar-refractivity contribution in [3.05, 3.63) is 65.5 Å². The summed E-state index contributed by atoms with van der Waals surface area (Å²) in [6, 6.07) is 8.89. The maximum atomic E-state index is 13.7. The van der Waals surface area contributed by atoms with E-state index < -0.39 is 0 Å². The predicted molar refractivity (Wildman–Crippen MR) is 118 cm³/mol. The quantitative estimate of drug-likeness (QED) is 0.407. The van der Waals surface area contributed by atoms with E-state index in [2.05, 4.69) is 35.7 Å². The molecule has 0 saturated carbocycles. The van der Waals surface area contributed by atoms with Crippen molar-refractivity contribution in [2.75, 3.05) is 6.54 Å². The van der Waals surface area contributed by atoms with Gasteiger partial charge in [0.05, 0.1) is 45.7 Å². The number of nitrogens with one attached hydrogen (secondary N) is 3. The number of H-pyrrole nitrogens is 2. The molecule has 0 spiro atoms. The first kappa shape index (κ1) is 18.8. The van der Waals surface area contributed by atoms with Crippen molar-refractivity contribution in [1.29, 1.82) is 0 Å². The van der Waals surface area contributed by atoms with Crippen LogP contribution in [-0.2, 0) is 13.0 Å². The summed E-state index contributed by atoms with van der Waals surface area (Å²) >= 11 is 0. The fourth-order valence-electron chi connectivity index (χ4n) is 4.11. The summed E-state index contributed by atoms with van der Waals surface area (Å²) in [5.74, 6) is -0.340. The van der Waals surface area contributed by atoms with Crippen LogP contribution in [-0.4, -0.2) is 41.9 Å². The molecule has 8 nitrogen and oxygen atoms in total. The lowest BCUT2D eigenvalue weighted by molar-refractivity contribution is 0.610. The molecule has 32 heavy (non-hydrogen) atoms. The van der Waals surface area contributed by atoms with Gasteiger partial charge in [-0.05, 0) is 37.3 Å². The number of fused-ring (bicyclic) bond motifs is 2. The Labute approximate surface area is 182 Å². The van der Waals surface area contributed by atoms with Gasteiger partial charge in [0.25, 0.3) is 0 Å². The Morgan fingerprint density at radius 1 is 0.969 bits per heavy atom. The number of hydrogen-bond acceptors (Lipinski definition) is 6. The molecule has 0 amide bonds. The average Bonchev–Trinajstić information content (AvgIpc) is 3.48. The fraction of sp³-hybridized carbons (Fsp3) is 0.174. The highest BCUT2D eigenvalue weighted by atomic mass is 19.1. The molecule has 0 saturated heterocycles. The van der Waals surface area contributed by atoms with Crippen LogP contribution in [0.25, 0.3) is 44.9 Å². The lowest BCUT2D eigenvalue weighted by atomic mass is 10.0. The lowest BCUT2D eigenvalue weighted by Gasteiger charge is -2.13. The van der Waals surface area contributed by atoms with E-state index in [9.17, 15) is 4.39 Å². The van der Waals surface area contributed by atoms with Gasteiger partial charge in [0.2, 0.25) is 0 Å². The van der Waals surface area contributed by atoms with E-state index in [0.29, 0.717) is 17.1 Å². The van der Waals surface area contributed by atoms with Gasteiger partial charge in [-0.25, -0.2) is 14.4 Å². The van der Waals surface area contributed by atoms with Crippen LogP contribution in [0.4, 0.5) is 4.39 Å². The largest absolute Gasteiger partial charge is 0.312 e. The molecule has 1 aliphatic rings. The van der Waals surface area contributed by atoms with Crippen LogP contribution < -0.4 is 5.32 Å². The lowest BCUT2D eigenvalue weighted by Crippen LogP contribution is -2.23. The number of rotatable bonds is 3. The molecule has 5 aromatic heterocycles. The second-order valence-corrected chi connectivity index (χ2v) is 7.84. The second-order valence-electron chi connectivity index (χ2n) is 7.84. The van der Waals surface area contributed by atoms with Gasteiger partial charge in [0.1, 0.15) is 5.82 Å². The van der Waals surface area contributed by atoms with Gasteiger partial charge in [-0.2, -0.15) is 10.2 Å². The van der Waals surface area contributed by atoms with Crippen molar-refractivity contribution < 1.29 is 4.39 Å². The minimum absolute atomic E-state index is 0.334. The highest BCUT2D eigenvalue weighted by Gasteiger charge is 2.19. The molecule has 1 aliphatic heterocycles. The van der Waals surface area contributed by atoms with Crippen molar-refractivity contribution in [3.8, 4) is 33.9 Å². The molecule has 0 radical (unpaired) electrons. The highest BCUT2D eigenvalue weighted by Crippen LogP contribution is 2.31. The Morgan fingerprint density at radius 2 is 1.88 bits per heavy atom. The van der Waals surface area contributed by atoms with Gasteiger partial charge >= 0.3 is 0 Å². The van der Waals surface area contributed by atoms with Crippen LogP contribution in [0.3, 0.4) is 0 Å². The van der Waals surface area contributed by atoms with Crippen LogP contribution in [0.15, 0.2) is 42.7 Å². The standard InChI is InChI=1S/C23H19FN8/c1-12-16(24)2-3-20(28-12)23-15(11-27-31-23)17-4-5-19-21(29-17)8-13(9-26-19)22-14-10-25-7-6-18(14)30-32-22/h2-5,8-9,11,25H,6-7,10H2,1H3,(H,27,31)(H,30,32). The molecule has 5 aromatic rings. The number of aryl methyl sites for hydroxylation is 1. The van der Waals surface area contributed by atoms with Crippen molar-refractivity contribution in [2.24, 2.45) is 0 Å². The third-order valence-corrected chi connectivity index (χ3v) is 5.81. The van der Waals surface area contributed by atoms with E-state index in [1.54, 1.807) is 19.2 Å². The zero-order valence-electron chi connectivity index (χ0n) is 17.3. The molecule has 0 fully saturated rings. The number of aromatic amines is 2. The highest BCUT2D eigenvalue weighted by molar-refractivity contribution is 5.85. The van der Waals surface area contributed by atoms with E-state index in [4.69, 9.17) is 4.98 Å². The van der Waals surface area contributed by atoms with Crippen LogP contribution in [0, 0.1) is 12.7 Å². The molecule has 0 unspecified atom stereocenters. The van der Waals surface area contributed by atoms with Gasteiger partial charge in [-0.15, -0.1) is 0 Å². The number of hydrogen-bond donors (Lipinski definition) is 3. The molecule has 3 N–H and O–H groups in total. The van der Waals surface area contributed by atoms with Gasteiger partial charge in [0.15, 0.2) is 0 Å². The van der Waals surface area contributed by atoms with Crippen LogP contribution >= 0.6 is 0 Å². The Bertz CT molecular complexity index is 1470. The smallest absolute Gasteiger partial charge is 0.144 e. The summed E-state index contributed by atoms with van der Waals surface area (Å²) in [7, 11) is 0. The molecule has 6 heterocycles. The predicted octanol–water partition coefficient (Wildman–Crippen LogP) is 3.57. The number of nitrogens with zero attached hydrogens (tertiary/aromatic N) is 5. The SMILES string of the molecule is Cc1nc(-c2[nH]ncc2-c2ccc3ncc(-c4n[nH]c5c4CNCC5)cc3n2)ccc1F. The Balaban J connectivity index is 1.43. The van der Waals surface area contributed by atoms with Crippen molar-refractivity contribution in [3.63, 3.8) is 0 Å². The third-order valence-electron chi connectivity index (χ3n) is 5.81. The minimum atomic E-state index is -0.340. The van der Waals surface area contributed by atoms with Crippen molar-refractivity contribution >= 4 is 11.0 Å². The summed E-state index contributed by atoms with van der Waals surface area (Å²) < 4.78 is 13.7. The molecule has 9 heteroatoms. The van der Waals surface area contributed by atoms with E-state index in [0.717, 1.165) is 53.1 Å². The summed E-state index contributed by atoms with van der Waals surface area (Å²) in [6.45, 7) is 3.37. The van der Waals surface area contributed by atoms with Crippen LogP contribution in [0.5, 0.6) is 0 Å². The van der Waals surface area contributed by atoms with Gasteiger partial charge < -0.3 is 5.32 Å². The molecular formula is C23H19FN8. The first-order valence-electron chi connectivity index (χ1n) is 10.4. The van der Waals surface area contributed by atoms with E-state index in [1.165, 1.54) is 17.3 Å². The molecular weight excluding hydrogens is 407 g/mol. The van der Waals surface area contributed by atoms with Crippen LogP contribution in [0.2, 0.25) is 0 Å². The molecule has 0 bridgehead atoms. The number of halogens is 1. The molecule has 0 aliphatic carbocycles. The summed E-state index contributed by atoms with van der Waals surface area (Å²) in [5.41, 5.74) is 8.89. The van der Waals surface area contributed by atoms with Gasteiger partial charge in [0, 0.05) is 48.1 Å². The maximum Gasteiger partial charge on any atom is 0.144 e. The third kappa shape index (κ3) is 3.05. The Hall–Kier alpha value is -3.98. The van der Waals surface area contributed by atoms with Crippen molar-refractivity contribution in [2.45, 2.75) is 19.9 Å². The monoisotopic (exact) mass is 426 g/mol. The maximum absolute atomic E-state index is 13.7. The van der Waals surface area contributed by atoms with Gasteiger partial charge in [-0.1, -0.05) is 0 Å². The summed E-state index contributed by atoms with van der Waals surface area (Å²) in [4.78, 5) is 13.8. The van der Waals surface area contributed by atoms with E-state index >= 15 is 0 Å².